The van der Waals surface area contributed by atoms with E-state index in [1.165, 1.54) is 17.6 Å². The normalized spacial score (nSPS) is 14.5. The van der Waals surface area contributed by atoms with Crippen LogP contribution in [0.2, 0.25) is 0 Å². The maximum absolute atomic E-state index is 10.8. The molecule has 0 saturated carbocycles. The predicted octanol–water partition coefficient (Wildman–Crippen LogP) is 0.793. The Balaban J connectivity index is 2.06. The molecule has 0 saturated heterocycles. The van der Waals surface area contributed by atoms with Crippen LogP contribution in [-0.4, -0.2) is 41.8 Å². The van der Waals surface area contributed by atoms with E-state index < -0.39 is 12.2 Å². The second kappa shape index (κ2) is 6.14. The first-order valence-corrected chi connectivity index (χ1v) is 6.86. The van der Waals surface area contributed by atoms with Gasteiger partial charge in [-0.25, -0.2) is 9.50 Å². The maximum Gasteiger partial charge on any atom is 0.185 e. The average molecular weight is 281 g/mol. The molecule has 2 rings (SSSR count). The lowest BCUT2D eigenvalue weighted by Crippen LogP contribution is -2.19. The molecular formula is C12H15N3O3S. The van der Waals surface area contributed by atoms with E-state index in [1.807, 2.05) is 0 Å². The molecule has 0 fully saturated rings. The molecule has 2 atom stereocenters. The minimum Gasteiger partial charge on any atom is -0.390 e. The summed E-state index contributed by atoms with van der Waals surface area (Å²) in [5.74, 6) is 0.472. The van der Waals surface area contributed by atoms with Gasteiger partial charge in [-0.3, -0.25) is 4.79 Å². The van der Waals surface area contributed by atoms with Crippen LogP contribution in [0.3, 0.4) is 0 Å². The number of rotatable bonds is 5. The zero-order chi connectivity index (χ0) is 13.8. The summed E-state index contributed by atoms with van der Waals surface area (Å²) >= 11 is 1.13. The topological polar surface area (TPSA) is 87.7 Å². The second-order valence-corrected chi connectivity index (χ2v) is 5.40. The second-order valence-electron chi connectivity index (χ2n) is 4.13. The number of nitrogens with zero attached hydrogens (tertiary/aromatic N) is 3. The first-order valence-electron chi connectivity index (χ1n) is 5.87. The highest BCUT2D eigenvalue weighted by Crippen LogP contribution is 2.23. The number of hydrogen-bond acceptors (Lipinski definition) is 6. The van der Waals surface area contributed by atoms with Crippen molar-refractivity contribution in [3.8, 4) is 0 Å². The molecule has 0 amide bonds. The Morgan fingerprint density at radius 1 is 1.53 bits per heavy atom. The van der Waals surface area contributed by atoms with Gasteiger partial charge in [0.25, 0.3) is 0 Å². The predicted molar refractivity (Wildman–Crippen MR) is 71.7 cm³/mol. The third kappa shape index (κ3) is 3.31. The van der Waals surface area contributed by atoms with Crippen LogP contribution in [0.1, 0.15) is 25.0 Å². The van der Waals surface area contributed by atoms with Crippen molar-refractivity contribution in [3.63, 3.8) is 0 Å². The van der Waals surface area contributed by atoms with Crippen LogP contribution in [0.4, 0.5) is 0 Å². The van der Waals surface area contributed by atoms with Crippen LogP contribution in [0.25, 0.3) is 5.65 Å². The van der Waals surface area contributed by atoms with Crippen molar-refractivity contribution in [1.82, 2.24) is 14.6 Å². The van der Waals surface area contributed by atoms with E-state index in [9.17, 15) is 15.0 Å². The first kappa shape index (κ1) is 14.0. The molecule has 0 aliphatic rings. The zero-order valence-electron chi connectivity index (χ0n) is 10.4. The lowest BCUT2D eigenvalue weighted by Gasteiger charge is -2.16. The van der Waals surface area contributed by atoms with Crippen molar-refractivity contribution in [2.24, 2.45) is 0 Å². The molecule has 0 aliphatic heterocycles. The van der Waals surface area contributed by atoms with Crippen LogP contribution in [-0.2, 0) is 4.79 Å². The molecule has 0 bridgehead atoms. The molecule has 2 aromatic heterocycles. The summed E-state index contributed by atoms with van der Waals surface area (Å²) in [5, 5.41) is 24.1. The Morgan fingerprint density at radius 3 is 3.05 bits per heavy atom. The van der Waals surface area contributed by atoms with Gasteiger partial charge in [-0.1, -0.05) is 11.8 Å². The van der Waals surface area contributed by atoms with Crippen LogP contribution in [0.5, 0.6) is 0 Å². The van der Waals surface area contributed by atoms with E-state index in [4.69, 9.17) is 0 Å². The molecule has 0 radical (unpaired) electrons. The Morgan fingerprint density at radius 2 is 2.32 bits per heavy atom. The molecular weight excluding hydrogens is 266 g/mol. The standard InChI is InChI=1S/C12H15N3O3S/c1-8(16)19-6-3-10(17)11(18)9-7-14-15-5-2-4-13-12(9)15/h2,4-5,7,10-11,17-18H,3,6H2,1H3. The van der Waals surface area contributed by atoms with Crippen molar-refractivity contribution in [2.75, 3.05) is 5.75 Å². The fraction of sp³-hybridized carbons (Fsp3) is 0.417. The highest BCUT2D eigenvalue weighted by atomic mass is 32.2. The lowest BCUT2D eigenvalue weighted by molar-refractivity contribution is -0.109. The van der Waals surface area contributed by atoms with Gasteiger partial charge < -0.3 is 10.2 Å². The molecule has 2 unspecified atom stereocenters. The van der Waals surface area contributed by atoms with Crippen molar-refractivity contribution in [2.45, 2.75) is 25.6 Å². The van der Waals surface area contributed by atoms with Crippen LogP contribution >= 0.6 is 11.8 Å². The summed E-state index contributed by atoms with van der Waals surface area (Å²) in [6, 6.07) is 1.73. The van der Waals surface area contributed by atoms with Gasteiger partial charge in [0, 0.05) is 30.6 Å². The molecule has 102 valence electrons. The fourth-order valence-electron chi connectivity index (χ4n) is 1.74. The summed E-state index contributed by atoms with van der Waals surface area (Å²) in [7, 11) is 0. The Kier molecular flexibility index (Phi) is 4.52. The number of aliphatic hydroxyl groups excluding tert-OH is 2. The van der Waals surface area contributed by atoms with Gasteiger partial charge in [0.05, 0.1) is 12.3 Å². The minimum atomic E-state index is -1.06. The van der Waals surface area contributed by atoms with E-state index in [0.717, 1.165) is 11.8 Å². The molecule has 6 nitrogen and oxygen atoms in total. The first-order chi connectivity index (χ1) is 9.09. The van der Waals surface area contributed by atoms with Gasteiger partial charge in [-0.05, 0) is 12.5 Å². The van der Waals surface area contributed by atoms with Crippen LogP contribution < -0.4 is 0 Å². The van der Waals surface area contributed by atoms with Crippen LogP contribution in [0.15, 0.2) is 24.7 Å². The molecule has 2 N–H and O–H groups in total. The maximum atomic E-state index is 10.8. The molecule has 2 aromatic rings. The fourth-order valence-corrected chi connectivity index (χ4v) is 2.39. The van der Waals surface area contributed by atoms with Gasteiger partial charge in [-0.2, -0.15) is 5.10 Å². The average Bonchev–Trinajstić information content (AvgIpc) is 2.81. The third-order valence-corrected chi connectivity index (χ3v) is 3.55. The van der Waals surface area contributed by atoms with Gasteiger partial charge in [0.15, 0.2) is 10.8 Å². The quantitative estimate of drug-likeness (QED) is 0.842. The van der Waals surface area contributed by atoms with Gasteiger partial charge in [-0.15, -0.1) is 0 Å². The van der Waals surface area contributed by atoms with Crippen molar-refractivity contribution in [3.05, 3.63) is 30.2 Å². The summed E-state index contributed by atoms with van der Waals surface area (Å²) < 4.78 is 1.54. The smallest absolute Gasteiger partial charge is 0.185 e. The number of carbonyl (C=O) groups is 1. The minimum absolute atomic E-state index is 0.000611. The third-order valence-electron chi connectivity index (χ3n) is 2.71. The van der Waals surface area contributed by atoms with Gasteiger partial charge in [0.2, 0.25) is 0 Å². The van der Waals surface area contributed by atoms with Crippen molar-refractivity contribution >= 4 is 22.5 Å². The van der Waals surface area contributed by atoms with E-state index in [-0.39, 0.29) is 5.12 Å². The van der Waals surface area contributed by atoms with Crippen LogP contribution in [0, 0.1) is 0 Å². The summed E-state index contributed by atoms with van der Waals surface area (Å²) in [4.78, 5) is 14.9. The highest BCUT2D eigenvalue weighted by Gasteiger charge is 2.22. The Bertz CT molecular complexity index is 572. The zero-order valence-corrected chi connectivity index (χ0v) is 11.2. The van der Waals surface area contributed by atoms with Gasteiger partial charge >= 0.3 is 0 Å². The molecule has 0 aromatic carbocycles. The number of aromatic nitrogens is 3. The number of thioether (sulfide) groups is 1. The SMILES string of the molecule is CC(=O)SCCC(O)C(O)c1cnn2cccnc12. The number of hydrogen-bond donors (Lipinski definition) is 2. The highest BCUT2D eigenvalue weighted by molar-refractivity contribution is 8.13. The molecule has 7 heteroatoms. The number of aliphatic hydroxyl groups is 2. The van der Waals surface area contributed by atoms with E-state index >= 15 is 0 Å². The number of carbonyl (C=O) groups excluding carboxylic acids is 1. The summed E-state index contributed by atoms with van der Waals surface area (Å²) in [6.45, 7) is 1.47. The van der Waals surface area contributed by atoms with E-state index in [1.54, 1.807) is 18.5 Å². The van der Waals surface area contributed by atoms with Gasteiger partial charge in [0.1, 0.15) is 6.10 Å². The monoisotopic (exact) mass is 281 g/mol. The Hall–Kier alpha value is -1.44. The molecule has 0 spiro atoms. The number of fused-ring (bicyclic) bond motifs is 1. The van der Waals surface area contributed by atoms with Crippen molar-refractivity contribution in [1.29, 1.82) is 0 Å². The lowest BCUT2D eigenvalue weighted by atomic mass is 10.1. The van der Waals surface area contributed by atoms with E-state index in [2.05, 4.69) is 10.1 Å². The van der Waals surface area contributed by atoms with Crippen molar-refractivity contribution < 1.29 is 15.0 Å². The molecule has 2 heterocycles. The molecule has 19 heavy (non-hydrogen) atoms. The molecule has 0 aliphatic carbocycles. The summed E-state index contributed by atoms with van der Waals surface area (Å²) in [5.41, 5.74) is 1.01. The summed E-state index contributed by atoms with van der Waals surface area (Å²) in [6.07, 6.45) is 3.15. The largest absolute Gasteiger partial charge is 0.390 e. The van der Waals surface area contributed by atoms with E-state index in [0.29, 0.717) is 23.4 Å². The Labute approximate surface area is 114 Å².